The van der Waals surface area contributed by atoms with E-state index < -0.39 is 17.4 Å². The molecule has 0 N–H and O–H groups in total. The average molecular weight is 279 g/mol. The molecule has 5 heteroatoms. The number of alkyl halides is 1. The molecule has 0 amide bonds. The predicted octanol–water partition coefficient (Wildman–Crippen LogP) is 1.51. The number of hydrogen-bond acceptors (Lipinski definition) is 4. The smallest absolute Gasteiger partial charge is 0.323 e. The first kappa shape index (κ1) is 12.5. The highest BCUT2D eigenvalue weighted by Gasteiger charge is 2.67. The second kappa shape index (κ2) is 4.96. The lowest BCUT2D eigenvalue weighted by Gasteiger charge is -2.13. The molecule has 0 unspecified atom stereocenters. The topological polar surface area (TPSA) is 52.6 Å². The van der Waals surface area contributed by atoms with Gasteiger partial charge in [-0.1, -0.05) is 15.9 Å². The van der Waals surface area contributed by atoms with E-state index in [0.717, 1.165) is 0 Å². The van der Waals surface area contributed by atoms with E-state index in [0.29, 0.717) is 11.8 Å². The maximum atomic E-state index is 11.7. The SMILES string of the molecule is CCOC(=O)C1(C(=O)OCC)C[C@@H]1CBr. The molecule has 1 aliphatic rings. The summed E-state index contributed by atoms with van der Waals surface area (Å²) in [5.41, 5.74) is -1.03. The van der Waals surface area contributed by atoms with E-state index in [2.05, 4.69) is 15.9 Å². The molecule has 0 aliphatic heterocycles. The van der Waals surface area contributed by atoms with Gasteiger partial charge in [0.15, 0.2) is 5.41 Å². The van der Waals surface area contributed by atoms with Crippen LogP contribution in [0.15, 0.2) is 0 Å². The minimum Gasteiger partial charge on any atom is -0.465 e. The summed E-state index contributed by atoms with van der Waals surface area (Å²) in [4.78, 5) is 23.3. The third-order valence-electron chi connectivity index (χ3n) is 2.57. The Balaban J connectivity index is 2.73. The Morgan fingerprint density at radius 1 is 1.27 bits per heavy atom. The Kier molecular flexibility index (Phi) is 4.13. The van der Waals surface area contributed by atoms with Crippen LogP contribution >= 0.6 is 15.9 Å². The van der Waals surface area contributed by atoms with Crippen LogP contribution in [0.2, 0.25) is 0 Å². The summed E-state index contributed by atoms with van der Waals surface area (Å²) in [6.45, 7) is 4.02. The highest BCUT2D eigenvalue weighted by molar-refractivity contribution is 9.09. The van der Waals surface area contributed by atoms with E-state index in [1.807, 2.05) is 0 Å². The Bertz CT molecular complexity index is 246. The Morgan fingerprint density at radius 2 is 1.73 bits per heavy atom. The fraction of sp³-hybridized carbons (Fsp3) is 0.800. The lowest BCUT2D eigenvalue weighted by molar-refractivity contribution is -0.164. The summed E-state index contributed by atoms with van der Waals surface area (Å²) in [6, 6.07) is 0. The fourth-order valence-corrected chi connectivity index (χ4v) is 2.40. The van der Waals surface area contributed by atoms with Crippen molar-refractivity contribution in [2.75, 3.05) is 18.5 Å². The Labute approximate surface area is 97.4 Å². The summed E-state index contributed by atoms with van der Waals surface area (Å²) in [5, 5.41) is 0.616. The van der Waals surface area contributed by atoms with Gasteiger partial charge in [-0.3, -0.25) is 9.59 Å². The van der Waals surface area contributed by atoms with Gasteiger partial charge in [-0.05, 0) is 26.2 Å². The molecule has 1 atom stereocenters. The van der Waals surface area contributed by atoms with Crippen LogP contribution in [0.5, 0.6) is 0 Å². The summed E-state index contributed by atoms with van der Waals surface area (Å²) >= 11 is 3.28. The molecule has 0 aromatic carbocycles. The minimum atomic E-state index is -1.03. The van der Waals surface area contributed by atoms with E-state index in [-0.39, 0.29) is 19.1 Å². The number of rotatable bonds is 5. The van der Waals surface area contributed by atoms with Gasteiger partial charge in [-0.2, -0.15) is 0 Å². The first-order chi connectivity index (χ1) is 7.13. The molecule has 0 heterocycles. The normalized spacial score (nSPS) is 21.9. The monoisotopic (exact) mass is 278 g/mol. The second-order valence-electron chi connectivity index (χ2n) is 3.47. The number of carbonyl (C=O) groups is 2. The van der Waals surface area contributed by atoms with Crippen LogP contribution in [0.25, 0.3) is 0 Å². The molecule has 1 rings (SSSR count). The molecule has 1 fully saturated rings. The van der Waals surface area contributed by atoms with Crippen LogP contribution in [0, 0.1) is 11.3 Å². The lowest BCUT2D eigenvalue weighted by atomic mass is 10.1. The molecule has 0 radical (unpaired) electrons. The molecular weight excluding hydrogens is 264 g/mol. The van der Waals surface area contributed by atoms with E-state index in [1.54, 1.807) is 13.8 Å². The third-order valence-corrected chi connectivity index (χ3v) is 3.35. The summed E-state index contributed by atoms with van der Waals surface area (Å²) < 4.78 is 9.82. The Hall–Kier alpha value is -0.580. The highest BCUT2D eigenvalue weighted by atomic mass is 79.9. The third kappa shape index (κ3) is 2.17. The van der Waals surface area contributed by atoms with Crippen molar-refractivity contribution in [2.24, 2.45) is 11.3 Å². The molecule has 0 bridgehead atoms. The van der Waals surface area contributed by atoms with Crippen molar-refractivity contribution in [3.8, 4) is 0 Å². The van der Waals surface area contributed by atoms with Gasteiger partial charge >= 0.3 is 11.9 Å². The number of halogens is 1. The van der Waals surface area contributed by atoms with Crippen LogP contribution in [0.4, 0.5) is 0 Å². The second-order valence-corrected chi connectivity index (χ2v) is 4.12. The van der Waals surface area contributed by atoms with Crippen LogP contribution < -0.4 is 0 Å². The van der Waals surface area contributed by atoms with E-state index in [1.165, 1.54) is 0 Å². The van der Waals surface area contributed by atoms with Gasteiger partial charge < -0.3 is 9.47 Å². The highest BCUT2D eigenvalue weighted by Crippen LogP contribution is 2.55. The molecule has 1 saturated carbocycles. The van der Waals surface area contributed by atoms with Gasteiger partial charge in [0.1, 0.15) is 0 Å². The lowest BCUT2D eigenvalue weighted by Crippen LogP contribution is -2.32. The van der Waals surface area contributed by atoms with Crippen molar-refractivity contribution in [3.05, 3.63) is 0 Å². The van der Waals surface area contributed by atoms with Gasteiger partial charge in [-0.25, -0.2) is 0 Å². The van der Waals surface area contributed by atoms with Crippen molar-refractivity contribution in [2.45, 2.75) is 20.3 Å². The van der Waals surface area contributed by atoms with Crippen molar-refractivity contribution < 1.29 is 19.1 Å². The summed E-state index contributed by atoms with van der Waals surface area (Å²) in [5.74, 6) is -0.892. The number of ether oxygens (including phenoxy) is 2. The predicted molar refractivity (Wildman–Crippen MR) is 57.6 cm³/mol. The molecule has 15 heavy (non-hydrogen) atoms. The fourth-order valence-electron chi connectivity index (χ4n) is 1.62. The van der Waals surface area contributed by atoms with E-state index >= 15 is 0 Å². The maximum Gasteiger partial charge on any atom is 0.323 e. The summed E-state index contributed by atoms with van der Waals surface area (Å²) in [6.07, 6.45) is 0.524. The number of esters is 2. The van der Waals surface area contributed by atoms with Gasteiger partial charge in [0.25, 0.3) is 0 Å². The largest absolute Gasteiger partial charge is 0.465 e. The molecule has 0 aromatic rings. The zero-order chi connectivity index (χ0) is 11.5. The molecule has 0 spiro atoms. The van der Waals surface area contributed by atoms with Crippen molar-refractivity contribution in [3.63, 3.8) is 0 Å². The molecule has 0 saturated heterocycles. The summed E-state index contributed by atoms with van der Waals surface area (Å²) in [7, 11) is 0. The zero-order valence-electron chi connectivity index (χ0n) is 8.92. The van der Waals surface area contributed by atoms with Gasteiger partial charge in [0, 0.05) is 5.33 Å². The van der Waals surface area contributed by atoms with Gasteiger partial charge in [-0.15, -0.1) is 0 Å². The van der Waals surface area contributed by atoms with Crippen LogP contribution in [-0.2, 0) is 19.1 Å². The van der Waals surface area contributed by atoms with E-state index in [4.69, 9.17) is 9.47 Å². The molecule has 86 valence electrons. The first-order valence-corrected chi connectivity index (χ1v) is 6.16. The van der Waals surface area contributed by atoms with Gasteiger partial charge in [0.05, 0.1) is 13.2 Å². The van der Waals surface area contributed by atoms with Crippen molar-refractivity contribution in [1.82, 2.24) is 0 Å². The van der Waals surface area contributed by atoms with Crippen molar-refractivity contribution >= 4 is 27.9 Å². The van der Waals surface area contributed by atoms with Crippen LogP contribution in [0.3, 0.4) is 0 Å². The van der Waals surface area contributed by atoms with Gasteiger partial charge in [0.2, 0.25) is 0 Å². The standard InChI is InChI=1S/C10H15BrO4/c1-3-14-8(12)10(5-7(10)6-11)9(13)15-4-2/h7H,3-6H2,1-2H3/t7-/m1/s1. The van der Waals surface area contributed by atoms with Crippen LogP contribution in [-0.4, -0.2) is 30.5 Å². The quantitative estimate of drug-likeness (QED) is 0.435. The number of carbonyl (C=O) groups excluding carboxylic acids is 2. The zero-order valence-corrected chi connectivity index (χ0v) is 10.5. The van der Waals surface area contributed by atoms with Crippen LogP contribution in [0.1, 0.15) is 20.3 Å². The average Bonchev–Trinajstić information content (AvgIpc) is 2.94. The maximum absolute atomic E-state index is 11.7. The molecular formula is C10H15BrO4. The molecule has 0 aromatic heterocycles. The van der Waals surface area contributed by atoms with Crippen molar-refractivity contribution in [1.29, 1.82) is 0 Å². The van der Waals surface area contributed by atoms with E-state index in [9.17, 15) is 9.59 Å². The minimum absolute atomic E-state index is 0.00981. The first-order valence-electron chi connectivity index (χ1n) is 5.03. The number of hydrogen-bond donors (Lipinski definition) is 0. The Morgan fingerprint density at radius 3 is 2.00 bits per heavy atom. The molecule has 1 aliphatic carbocycles. The molecule has 4 nitrogen and oxygen atoms in total.